The van der Waals surface area contributed by atoms with E-state index >= 15 is 0 Å². The van der Waals surface area contributed by atoms with Gasteiger partial charge in [-0.25, -0.2) is 0 Å². The lowest BCUT2D eigenvalue weighted by atomic mass is 9.89. The van der Waals surface area contributed by atoms with Gasteiger partial charge in [-0.1, -0.05) is 31.9 Å². The van der Waals surface area contributed by atoms with E-state index in [4.69, 9.17) is 5.26 Å². The van der Waals surface area contributed by atoms with Crippen LogP contribution in [0.2, 0.25) is 0 Å². The van der Waals surface area contributed by atoms with Crippen LogP contribution in [0.1, 0.15) is 37.8 Å². The fourth-order valence-electron chi connectivity index (χ4n) is 1.50. The van der Waals surface area contributed by atoms with Gasteiger partial charge in [0.25, 0.3) is 0 Å². The SMILES string of the molecule is CC#CC(C)C(C)c1ccc(C#N)cc1. The second kappa shape index (κ2) is 5.23. The van der Waals surface area contributed by atoms with Crippen molar-refractivity contribution in [2.24, 2.45) is 5.92 Å². The summed E-state index contributed by atoms with van der Waals surface area (Å²) in [7, 11) is 0. The normalized spacial score (nSPS) is 13.2. The van der Waals surface area contributed by atoms with Crippen LogP contribution in [0.15, 0.2) is 24.3 Å². The van der Waals surface area contributed by atoms with Crippen LogP contribution in [0.3, 0.4) is 0 Å². The molecule has 0 bridgehead atoms. The van der Waals surface area contributed by atoms with Crippen molar-refractivity contribution in [1.82, 2.24) is 0 Å². The van der Waals surface area contributed by atoms with E-state index in [1.54, 1.807) is 0 Å². The van der Waals surface area contributed by atoms with Crippen LogP contribution < -0.4 is 0 Å². The van der Waals surface area contributed by atoms with Gasteiger partial charge in [0.15, 0.2) is 0 Å². The quantitative estimate of drug-likeness (QED) is 0.667. The predicted octanol–water partition coefficient (Wildman–Crippen LogP) is 3.32. The second-order valence-corrected chi connectivity index (χ2v) is 3.71. The summed E-state index contributed by atoms with van der Waals surface area (Å²) in [5.74, 6) is 6.85. The highest BCUT2D eigenvalue weighted by molar-refractivity contribution is 5.33. The van der Waals surface area contributed by atoms with Crippen molar-refractivity contribution in [3.63, 3.8) is 0 Å². The number of hydrogen-bond donors (Lipinski definition) is 0. The van der Waals surface area contributed by atoms with Gasteiger partial charge in [-0.05, 0) is 30.5 Å². The molecule has 1 rings (SSSR count). The van der Waals surface area contributed by atoms with E-state index in [0.29, 0.717) is 17.4 Å². The average Bonchev–Trinajstić information content (AvgIpc) is 2.28. The molecule has 2 atom stereocenters. The van der Waals surface area contributed by atoms with Crippen molar-refractivity contribution in [1.29, 1.82) is 5.26 Å². The lowest BCUT2D eigenvalue weighted by Gasteiger charge is -2.15. The molecule has 1 aromatic rings. The van der Waals surface area contributed by atoms with E-state index in [1.807, 2.05) is 31.2 Å². The maximum atomic E-state index is 8.69. The molecular formula is C14H15N. The second-order valence-electron chi connectivity index (χ2n) is 3.71. The molecule has 0 aromatic heterocycles. The topological polar surface area (TPSA) is 23.8 Å². The summed E-state index contributed by atoms with van der Waals surface area (Å²) in [4.78, 5) is 0. The fourth-order valence-corrected chi connectivity index (χ4v) is 1.50. The number of rotatable bonds is 2. The third-order valence-electron chi connectivity index (χ3n) is 2.69. The number of hydrogen-bond acceptors (Lipinski definition) is 1. The Bertz CT molecular complexity index is 411. The van der Waals surface area contributed by atoms with E-state index in [1.165, 1.54) is 5.56 Å². The molecule has 0 heterocycles. The third kappa shape index (κ3) is 2.86. The largest absolute Gasteiger partial charge is 0.192 e. The van der Waals surface area contributed by atoms with E-state index in [0.717, 1.165) is 0 Å². The standard InChI is InChI=1S/C14H15N/c1-4-5-11(2)12(3)14-8-6-13(10-15)7-9-14/h6-9,11-12H,1-3H3. The Morgan fingerprint density at radius 2 is 1.73 bits per heavy atom. The highest BCUT2D eigenvalue weighted by Gasteiger charge is 2.11. The lowest BCUT2D eigenvalue weighted by Crippen LogP contribution is -2.03. The van der Waals surface area contributed by atoms with Gasteiger partial charge in [0.2, 0.25) is 0 Å². The minimum atomic E-state index is 0.350. The predicted molar refractivity (Wildman–Crippen MR) is 62.2 cm³/mol. The summed E-state index contributed by atoms with van der Waals surface area (Å²) in [6.07, 6.45) is 0. The van der Waals surface area contributed by atoms with E-state index in [-0.39, 0.29) is 0 Å². The van der Waals surface area contributed by atoms with Gasteiger partial charge in [0.1, 0.15) is 0 Å². The lowest BCUT2D eigenvalue weighted by molar-refractivity contribution is 0.610. The first-order chi connectivity index (χ1) is 7.19. The van der Waals surface area contributed by atoms with Crippen molar-refractivity contribution >= 4 is 0 Å². The van der Waals surface area contributed by atoms with Crippen molar-refractivity contribution in [2.75, 3.05) is 0 Å². The highest BCUT2D eigenvalue weighted by atomic mass is 14.2. The maximum Gasteiger partial charge on any atom is 0.0991 e. The molecular weight excluding hydrogens is 182 g/mol. The van der Waals surface area contributed by atoms with Crippen LogP contribution in [0.4, 0.5) is 0 Å². The summed E-state index contributed by atoms with van der Waals surface area (Å²) in [5, 5.41) is 8.69. The van der Waals surface area contributed by atoms with Gasteiger partial charge in [0, 0.05) is 5.92 Å². The van der Waals surface area contributed by atoms with Gasteiger partial charge in [-0.15, -0.1) is 5.92 Å². The summed E-state index contributed by atoms with van der Waals surface area (Å²) in [6.45, 7) is 6.15. The smallest absolute Gasteiger partial charge is 0.0991 e. The molecule has 0 fully saturated rings. The van der Waals surface area contributed by atoms with E-state index in [9.17, 15) is 0 Å². The molecule has 0 saturated heterocycles. The molecule has 0 aliphatic rings. The van der Waals surface area contributed by atoms with Gasteiger partial charge < -0.3 is 0 Å². The van der Waals surface area contributed by atoms with Crippen LogP contribution in [0.5, 0.6) is 0 Å². The van der Waals surface area contributed by atoms with Gasteiger partial charge in [-0.3, -0.25) is 0 Å². The minimum Gasteiger partial charge on any atom is -0.192 e. The Labute approximate surface area is 91.7 Å². The zero-order valence-electron chi connectivity index (χ0n) is 9.41. The van der Waals surface area contributed by atoms with Crippen molar-refractivity contribution < 1.29 is 0 Å². The molecule has 76 valence electrons. The van der Waals surface area contributed by atoms with Crippen LogP contribution in [0.25, 0.3) is 0 Å². The molecule has 0 aliphatic heterocycles. The number of benzene rings is 1. The summed E-state index contributed by atoms with van der Waals surface area (Å²) in [5.41, 5.74) is 1.95. The first kappa shape index (κ1) is 11.3. The maximum absolute atomic E-state index is 8.69. The molecule has 1 aromatic carbocycles. The van der Waals surface area contributed by atoms with Gasteiger partial charge >= 0.3 is 0 Å². The first-order valence-corrected chi connectivity index (χ1v) is 5.11. The molecule has 0 aliphatic carbocycles. The summed E-state index contributed by atoms with van der Waals surface area (Å²) in [6, 6.07) is 9.86. The Hall–Kier alpha value is -1.73. The van der Waals surface area contributed by atoms with Crippen molar-refractivity contribution in [3.8, 4) is 17.9 Å². The Morgan fingerprint density at radius 1 is 1.13 bits per heavy atom. The zero-order valence-corrected chi connectivity index (χ0v) is 9.41. The van der Waals surface area contributed by atoms with Crippen molar-refractivity contribution in [2.45, 2.75) is 26.7 Å². The molecule has 0 saturated carbocycles. The molecule has 0 spiro atoms. The summed E-state index contributed by atoms with van der Waals surface area (Å²) >= 11 is 0. The molecule has 2 unspecified atom stereocenters. The zero-order chi connectivity index (χ0) is 11.3. The first-order valence-electron chi connectivity index (χ1n) is 5.11. The van der Waals surface area contributed by atoms with Gasteiger partial charge in [-0.2, -0.15) is 5.26 Å². The molecule has 1 nitrogen and oxygen atoms in total. The minimum absolute atomic E-state index is 0.350. The number of nitrogens with zero attached hydrogens (tertiary/aromatic N) is 1. The highest BCUT2D eigenvalue weighted by Crippen LogP contribution is 2.23. The van der Waals surface area contributed by atoms with Crippen LogP contribution in [0, 0.1) is 29.1 Å². The monoisotopic (exact) mass is 197 g/mol. The van der Waals surface area contributed by atoms with Crippen LogP contribution >= 0.6 is 0 Å². The molecule has 0 amide bonds. The Morgan fingerprint density at radius 3 is 2.20 bits per heavy atom. The van der Waals surface area contributed by atoms with E-state index < -0.39 is 0 Å². The van der Waals surface area contributed by atoms with Crippen LogP contribution in [-0.4, -0.2) is 0 Å². The Kier molecular flexibility index (Phi) is 3.95. The molecule has 1 heteroatoms. The van der Waals surface area contributed by atoms with E-state index in [2.05, 4.69) is 31.8 Å². The fraction of sp³-hybridized carbons (Fsp3) is 0.357. The average molecular weight is 197 g/mol. The third-order valence-corrected chi connectivity index (χ3v) is 2.69. The summed E-state index contributed by atoms with van der Waals surface area (Å²) < 4.78 is 0. The van der Waals surface area contributed by atoms with Gasteiger partial charge in [0.05, 0.1) is 11.6 Å². The molecule has 0 radical (unpaired) electrons. The van der Waals surface area contributed by atoms with Crippen LogP contribution in [-0.2, 0) is 0 Å². The number of nitriles is 1. The molecule has 15 heavy (non-hydrogen) atoms. The Balaban J connectivity index is 2.86. The molecule has 0 N–H and O–H groups in total. The van der Waals surface area contributed by atoms with Crippen molar-refractivity contribution in [3.05, 3.63) is 35.4 Å².